The van der Waals surface area contributed by atoms with E-state index in [2.05, 4.69) is 15.3 Å². The van der Waals surface area contributed by atoms with Crippen LogP contribution in [0.5, 0.6) is 0 Å². The largest absolute Gasteiger partial charge is 0.393 e. The molecule has 0 aromatic carbocycles. The molecule has 1 aliphatic rings. The molecule has 0 bridgehead atoms. The van der Waals surface area contributed by atoms with Crippen LogP contribution in [0.15, 0.2) is 18.5 Å². The van der Waals surface area contributed by atoms with Crippen molar-refractivity contribution in [2.24, 2.45) is 0 Å². The summed E-state index contributed by atoms with van der Waals surface area (Å²) in [7, 11) is 0. The number of aliphatic hydroxyl groups excluding tert-OH is 1. The van der Waals surface area contributed by atoms with Crippen molar-refractivity contribution in [2.45, 2.75) is 31.8 Å². The number of amides is 1. The highest BCUT2D eigenvalue weighted by Gasteiger charge is 2.16. The van der Waals surface area contributed by atoms with Crippen LogP contribution in [-0.2, 0) is 11.2 Å². The number of nitrogens with one attached hydrogen (secondary N) is 1. The van der Waals surface area contributed by atoms with Crippen molar-refractivity contribution in [1.82, 2.24) is 19.9 Å². The fourth-order valence-corrected chi connectivity index (χ4v) is 2.84. The summed E-state index contributed by atoms with van der Waals surface area (Å²) in [5, 5.41) is 16.9. The van der Waals surface area contributed by atoms with Crippen LogP contribution >= 0.6 is 0 Å². The molecule has 0 radical (unpaired) electrons. The second-order valence-electron chi connectivity index (χ2n) is 5.64. The molecule has 7 nitrogen and oxygen atoms in total. The van der Waals surface area contributed by atoms with Crippen molar-refractivity contribution in [3.05, 3.63) is 24.0 Å². The monoisotopic (exact) mass is 303 g/mol. The van der Waals surface area contributed by atoms with E-state index in [1.54, 1.807) is 10.7 Å². The molecular formula is C15H21N5O2. The van der Waals surface area contributed by atoms with Gasteiger partial charge in [0.2, 0.25) is 6.41 Å². The Kier molecular flexibility index (Phi) is 4.53. The topological polar surface area (TPSA) is 82.8 Å². The molecule has 3 heterocycles. The molecule has 1 aliphatic heterocycles. The van der Waals surface area contributed by atoms with Crippen LogP contribution in [-0.4, -0.2) is 51.9 Å². The Labute approximate surface area is 129 Å². The smallest absolute Gasteiger partial charge is 0.207 e. The molecule has 3 rings (SSSR count). The number of rotatable bonds is 7. The van der Waals surface area contributed by atoms with Gasteiger partial charge in [-0.15, -0.1) is 0 Å². The normalized spacial score (nSPS) is 16.1. The van der Waals surface area contributed by atoms with Crippen molar-refractivity contribution in [3.63, 3.8) is 0 Å². The summed E-state index contributed by atoms with van der Waals surface area (Å²) < 4.78 is 1.74. The minimum Gasteiger partial charge on any atom is -0.393 e. The molecule has 2 aromatic rings. The van der Waals surface area contributed by atoms with Crippen LogP contribution in [0.3, 0.4) is 0 Å². The highest BCUT2D eigenvalue weighted by atomic mass is 16.3. The highest BCUT2D eigenvalue weighted by molar-refractivity contribution is 5.53. The van der Waals surface area contributed by atoms with E-state index in [1.165, 1.54) is 12.8 Å². The fourth-order valence-electron chi connectivity index (χ4n) is 2.84. The number of carbonyl (C=O) groups is 1. The van der Waals surface area contributed by atoms with E-state index >= 15 is 0 Å². The van der Waals surface area contributed by atoms with Crippen LogP contribution in [0.4, 0.5) is 5.82 Å². The molecule has 2 aromatic heterocycles. The number of nitrogens with zero attached hydrogens (tertiary/aromatic N) is 4. The molecule has 7 heteroatoms. The summed E-state index contributed by atoms with van der Waals surface area (Å²) in [6, 6.07) is 1.99. The van der Waals surface area contributed by atoms with E-state index in [0.717, 1.165) is 30.1 Å². The van der Waals surface area contributed by atoms with Crippen LogP contribution in [0.1, 0.15) is 24.8 Å². The molecule has 0 saturated carbocycles. The molecule has 1 fully saturated rings. The molecular weight excluding hydrogens is 282 g/mol. The van der Waals surface area contributed by atoms with Gasteiger partial charge in [0, 0.05) is 37.8 Å². The standard InChI is InChI=1S/C15H21N5O2/c21-11-16-5-3-13(22)9-12-10-17-20-8-4-14(18-15(12)20)19-6-1-2-7-19/h4,8,10-11,13,22H,1-3,5-7,9H2,(H,16,21). The second-order valence-corrected chi connectivity index (χ2v) is 5.64. The third-order valence-electron chi connectivity index (χ3n) is 4.02. The Balaban J connectivity index is 1.74. The van der Waals surface area contributed by atoms with Gasteiger partial charge in [-0.1, -0.05) is 0 Å². The third-order valence-corrected chi connectivity index (χ3v) is 4.02. The number of hydrogen-bond donors (Lipinski definition) is 2. The SMILES string of the molecule is O=CNCCC(O)Cc1cnn2ccc(N3CCCC3)nc12. The number of aliphatic hydroxyl groups is 1. The Bertz CT molecular complexity index is 636. The Morgan fingerprint density at radius 3 is 3.00 bits per heavy atom. The van der Waals surface area contributed by atoms with Crippen LogP contribution < -0.4 is 10.2 Å². The van der Waals surface area contributed by atoms with Gasteiger partial charge in [-0.2, -0.15) is 5.10 Å². The molecule has 0 spiro atoms. The first-order valence-electron chi connectivity index (χ1n) is 7.71. The highest BCUT2D eigenvalue weighted by Crippen LogP contribution is 2.20. The first-order chi connectivity index (χ1) is 10.8. The van der Waals surface area contributed by atoms with Crippen LogP contribution in [0.2, 0.25) is 0 Å². The Morgan fingerprint density at radius 1 is 1.41 bits per heavy atom. The van der Waals surface area contributed by atoms with Crippen LogP contribution in [0.25, 0.3) is 5.65 Å². The maximum Gasteiger partial charge on any atom is 0.207 e. The lowest BCUT2D eigenvalue weighted by Crippen LogP contribution is -2.21. The van der Waals surface area contributed by atoms with E-state index in [-0.39, 0.29) is 0 Å². The maximum absolute atomic E-state index is 10.2. The van der Waals surface area contributed by atoms with E-state index in [9.17, 15) is 9.90 Å². The second kappa shape index (κ2) is 6.74. The molecule has 118 valence electrons. The van der Waals surface area contributed by atoms with Gasteiger partial charge in [0.15, 0.2) is 5.65 Å². The van der Waals surface area contributed by atoms with Gasteiger partial charge in [0.25, 0.3) is 0 Å². The van der Waals surface area contributed by atoms with Gasteiger partial charge < -0.3 is 15.3 Å². The number of hydrogen-bond acceptors (Lipinski definition) is 5. The average molecular weight is 303 g/mol. The quantitative estimate of drug-likeness (QED) is 0.570. The van der Waals surface area contributed by atoms with Gasteiger partial charge in [-0.25, -0.2) is 9.50 Å². The molecule has 1 atom stereocenters. The first-order valence-corrected chi connectivity index (χ1v) is 7.71. The molecule has 1 unspecified atom stereocenters. The minimum absolute atomic E-state index is 0.469. The lowest BCUT2D eigenvalue weighted by molar-refractivity contribution is -0.109. The van der Waals surface area contributed by atoms with Crippen LogP contribution in [0, 0.1) is 0 Å². The summed E-state index contributed by atoms with van der Waals surface area (Å²) in [4.78, 5) is 17.2. The summed E-state index contributed by atoms with van der Waals surface area (Å²) in [5.41, 5.74) is 1.73. The minimum atomic E-state index is -0.516. The predicted molar refractivity (Wildman–Crippen MR) is 82.8 cm³/mol. The molecule has 1 amide bonds. The van der Waals surface area contributed by atoms with Gasteiger partial charge in [0.1, 0.15) is 5.82 Å². The Morgan fingerprint density at radius 2 is 2.23 bits per heavy atom. The van der Waals surface area contributed by atoms with Crippen molar-refractivity contribution in [3.8, 4) is 0 Å². The first kappa shape index (κ1) is 14.8. The van der Waals surface area contributed by atoms with E-state index in [1.807, 2.05) is 12.3 Å². The zero-order valence-electron chi connectivity index (χ0n) is 12.5. The molecule has 1 saturated heterocycles. The van der Waals surface area contributed by atoms with E-state index < -0.39 is 6.10 Å². The van der Waals surface area contributed by atoms with Gasteiger partial charge >= 0.3 is 0 Å². The lowest BCUT2D eigenvalue weighted by Gasteiger charge is -2.16. The third kappa shape index (κ3) is 3.19. The van der Waals surface area contributed by atoms with E-state index in [0.29, 0.717) is 25.8 Å². The number of anilines is 1. The Hall–Kier alpha value is -2.15. The summed E-state index contributed by atoms with van der Waals surface area (Å²) in [6.45, 7) is 2.57. The van der Waals surface area contributed by atoms with E-state index in [4.69, 9.17) is 4.98 Å². The predicted octanol–water partition coefficient (Wildman–Crippen LogP) is 0.369. The van der Waals surface area contributed by atoms with Gasteiger partial charge in [-0.05, 0) is 25.3 Å². The van der Waals surface area contributed by atoms with Crippen molar-refractivity contribution in [1.29, 1.82) is 0 Å². The molecule has 0 aliphatic carbocycles. The average Bonchev–Trinajstić information content (AvgIpc) is 3.17. The maximum atomic E-state index is 10.2. The zero-order valence-corrected chi connectivity index (χ0v) is 12.5. The molecule has 2 N–H and O–H groups in total. The van der Waals surface area contributed by atoms with Gasteiger partial charge in [0.05, 0.1) is 12.3 Å². The van der Waals surface area contributed by atoms with Crippen molar-refractivity contribution >= 4 is 17.9 Å². The zero-order chi connectivity index (χ0) is 15.4. The summed E-state index contributed by atoms with van der Waals surface area (Å²) >= 11 is 0. The van der Waals surface area contributed by atoms with Crippen molar-refractivity contribution < 1.29 is 9.90 Å². The summed E-state index contributed by atoms with van der Waals surface area (Å²) in [5.74, 6) is 0.976. The van der Waals surface area contributed by atoms with Gasteiger partial charge in [-0.3, -0.25) is 4.79 Å². The molecule has 22 heavy (non-hydrogen) atoms. The fraction of sp³-hybridized carbons (Fsp3) is 0.533. The lowest BCUT2D eigenvalue weighted by atomic mass is 10.1. The van der Waals surface area contributed by atoms with Crippen molar-refractivity contribution in [2.75, 3.05) is 24.5 Å². The summed E-state index contributed by atoms with van der Waals surface area (Å²) in [6.07, 6.45) is 7.22. The number of aromatic nitrogens is 3. The number of carbonyl (C=O) groups excluding carboxylic acids is 1. The number of fused-ring (bicyclic) bond motifs is 1.